The predicted molar refractivity (Wildman–Crippen MR) is 55.3 cm³/mol. The van der Waals surface area contributed by atoms with Crippen LogP contribution >= 0.6 is 0 Å². The molecule has 4 heteroatoms. The molecule has 1 heterocycles. The summed E-state index contributed by atoms with van der Waals surface area (Å²) < 4.78 is 5.19. The van der Waals surface area contributed by atoms with Gasteiger partial charge in [-0.2, -0.15) is 0 Å². The van der Waals surface area contributed by atoms with Crippen LogP contribution in [0.5, 0.6) is 0 Å². The third-order valence-corrected chi connectivity index (χ3v) is 3.24. The summed E-state index contributed by atoms with van der Waals surface area (Å²) in [6.07, 6.45) is 3.49. The van der Waals surface area contributed by atoms with Gasteiger partial charge in [0.1, 0.15) is 0 Å². The Morgan fingerprint density at radius 1 is 1.33 bits per heavy atom. The number of carbonyl (C=O) groups excluding carboxylic acids is 1. The number of nitrogens with one attached hydrogen (secondary N) is 1. The van der Waals surface area contributed by atoms with E-state index in [1.165, 1.54) is 0 Å². The van der Waals surface area contributed by atoms with E-state index in [1.807, 2.05) is 0 Å². The van der Waals surface area contributed by atoms with Gasteiger partial charge in [0.15, 0.2) is 0 Å². The fraction of sp³-hybridized carbons (Fsp3) is 0.909. The average Bonchev–Trinajstić information content (AvgIpc) is 3.10. The highest BCUT2D eigenvalue weighted by molar-refractivity contribution is 5.78. The maximum Gasteiger partial charge on any atom is 0.223 e. The van der Waals surface area contributed by atoms with Crippen LogP contribution in [0.2, 0.25) is 0 Å². The topological polar surface area (TPSA) is 58.6 Å². The normalized spacial score (nSPS) is 24.9. The number of hydrogen-bond donors (Lipinski definition) is 2. The van der Waals surface area contributed by atoms with Crippen LogP contribution < -0.4 is 5.32 Å². The van der Waals surface area contributed by atoms with Crippen LogP contribution in [0.4, 0.5) is 0 Å². The molecule has 86 valence electrons. The van der Waals surface area contributed by atoms with Crippen LogP contribution in [0.25, 0.3) is 0 Å². The molecular formula is C11H19NO3. The molecule has 0 aromatic rings. The number of amides is 1. The van der Waals surface area contributed by atoms with Gasteiger partial charge in [0.25, 0.3) is 0 Å². The zero-order valence-electron chi connectivity index (χ0n) is 8.95. The van der Waals surface area contributed by atoms with Crippen molar-refractivity contribution in [2.24, 2.45) is 11.8 Å². The molecule has 2 fully saturated rings. The number of rotatable bonds is 4. The molecule has 1 saturated carbocycles. The van der Waals surface area contributed by atoms with E-state index in [4.69, 9.17) is 4.74 Å². The molecule has 1 atom stereocenters. The molecule has 4 nitrogen and oxygen atoms in total. The fourth-order valence-corrected chi connectivity index (χ4v) is 1.96. The second-order valence-corrected chi connectivity index (χ2v) is 4.54. The summed E-state index contributed by atoms with van der Waals surface area (Å²) in [6.45, 7) is 1.79. The zero-order chi connectivity index (χ0) is 10.7. The minimum atomic E-state index is -0.339. The van der Waals surface area contributed by atoms with E-state index in [-0.39, 0.29) is 17.9 Å². The Morgan fingerprint density at radius 3 is 2.60 bits per heavy atom. The lowest BCUT2D eigenvalue weighted by Crippen LogP contribution is -2.39. The maximum atomic E-state index is 11.7. The molecule has 2 rings (SSSR count). The lowest BCUT2D eigenvalue weighted by Gasteiger charge is -2.22. The van der Waals surface area contributed by atoms with E-state index in [9.17, 15) is 9.90 Å². The number of aliphatic hydroxyl groups is 1. The summed E-state index contributed by atoms with van der Waals surface area (Å²) in [7, 11) is 0. The quantitative estimate of drug-likeness (QED) is 0.706. The molecular weight excluding hydrogens is 194 g/mol. The van der Waals surface area contributed by atoms with Crippen molar-refractivity contribution >= 4 is 5.91 Å². The molecule has 1 unspecified atom stereocenters. The van der Waals surface area contributed by atoms with Crippen LogP contribution in [0, 0.1) is 11.8 Å². The Bertz CT molecular complexity index is 222. The maximum absolute atomic E-state index is 11.7. The molecule has 1 amide bonds. The van der Waals surface area contributed by atoms with E-state index >= 15 is 0 Å². The molecule has 0 bridgehead atoms. The molecule has 1 saturated heterocycles. The fourth-order valence-electron chi connectivity index (χ4n) is 1.96. The van der Waals surface area contributed by atoms with Crippen LogP contribution in [0.15, 0.2) is 0 Å². The van der Waals surface area contributed by atoms with Gasteiger partial charge in [0.05, 0.1) is 6.10 Å². The first-order valence-electron chi connectivity index (χ1n) is 5.81. The highest BCUT2D eigenvalue weighted by Crippen LogP contribution is 2.32. The largest absolute Gasteiger partial charge is 0.391 e. The average molecular weight is 213 g/mol. The number of aliphatic hydroxyl groups excluding tert-OH is 1. The van der Waals surface area contributed by atoms with Crippen molar-refractivity contribution in [1.29, 1.82) is 0 Å². The van der Waals surface area contributed by atoms with Gasteiger partial charge in [0.2, 0.25) is 5.91 Å². The van der Waals surface area contributed by atoms with E-state index in [2.05, 4.69) is 5.32 Å². The zero-order valence-corrected chi connectivity index (χ0v) is 8.95. The first-order chi connectivity index (χ1) is 7.27. The van der Waals surface area contributed by atoms with Crippen molar-refractivity contribution in [2.45, 2.75) is 31.8 Å². The van der Waals surface area contributed by atoms with Gasteiger partial charge in [-0.25, -0.2) is 0 Å². The molecule has 0 aromatic heterocycles. The minimum absolute atomic E-state index is 0.0815. The number of carbonyl (C=O) groups is 1. The van der Waals surface area contributed by atoms with Crippen LogP contribution in [-0.4, -0.2) is 36.9 Å². The van der Waals surface area contributed by atoms with Gasteiger partial charge in [-0.1, -0.05) is 0 Å². The predicted octanol–water partition coefficient (Wildman–Crippen LogP) is 0.300. The molecule has 2 aliphatic rings. The van der Waals surface area contributed by atoms with Crippen molar-refractivity contribution in [1.82, 2.24) is 5.32 Å². The summed E-state index contributed by atoms with van der Waals surface area (Å²) >= 11 is 0. The van der Waals surface area contributed by atoms with Gasteiger partial charge >= 0.3 is 0 Å². The van der Waals surface area contributed by atoms with Crippen LogP contribution in [0.3, 0.4) is 0 Å². The van der Waals surface area contributed by atoms with Crippen molar-refractivity contribution in [3.8, 4) is 0 Å². The van der Waals surface area contributed by atoms with E-state index < -0.39 is 0 Å². The van der Waals surface area contributed by atoms with E-state index in [0.717, 1.165) is 25.7 Å². The SMILES string of the molecule is O=C(NCC(O)C1CC1)C1CCOCC1. The van der Waals surface area contributed by atoms with Gasteiger partial charge in [-0.15, -0.1) is 0 Å². The second-order valence-electron chi connectivity index (χ2n) is 4.54. The van der Waals surface area contributed by atoms with Crippen molar-refractivity contribution in [3.63, 3.8) is 0 Å². The van der Waals surface area contributed by atoms with Crippen LogP contribution in [-0.2, 0) is 9.53 Å². The molecule has 1 aliphatic carbocycles. The summed E-state index contributed by atoms with van der Waals surface area (Å²) in [5, 5.41) is 12.4. The third-order valence-electron chi connectivity index (χ3n) is 3.24. The Labute approximate surface area is 90.0 Å². The highest BCUT2D eigenvalue weighted by atomic mass is 16.5. The molecule has 0 aromatic carbocycles. The molecule has 1 aliphatic heterocycles. The van der Waals surface area contributed by atoms with Gasteiger partial charge in [-0.05, 0) is 31.6 Å². The molecule has 0 radical (unpaired) electrons. The molecule has 15 heavy (non-hydrogen) atoms. The van der Waals surface area contributed by atoms with Crippen LogP contribution in [0.1, 0.15) is 25.7 Å². The lowest BCUT2D eigenvalue weighted by atomic mass is 9.99. The van der Waals surface area contributed by atoms with Gasteiger partial charge in [0, 0.05) is 25.7 Å². The van der Waals surface area contributed by atoms with Gasteiger partial charge < -0.3 is 15.2 Å². The second kappa shape index (κ2) is 4.94. The third kappa shape index (κ3) is 3.18. The lowest BCUT2D eigenvalue weighted by molar-refractivity contribution is -0.128. The van der Waals surface area contributed by atoms with E-state index in [0.29, 0.717) is 25.7 Å². The molecule has 0 spiro atoms. The molecule has 2 N–H and O–H groups in total. The smallest absolute Gasteiger partial charge is 0.223 e. The first kappa shape index (κ1) is 10.9. The number of ether oxygens (including phenoxy) is 1. The Kier molecular flexibility index (Phi) is 3.59. The Balaban J connectivity index is 1.66. The van der Waals surface area contributed by atoms with Gasteiger partial charge in [-0.3, -0.25) is 4.79 Å². The van der Waals surface area contributed by atoms with Crippen molar-refractivity contribution in [2.75, 3.05) is 19.8 Å². The standard InChI is InChI=1S/C11H19NO3/c13-10(8-1-2-8)7-12-11(14)9-3-5-15-6-4-9/h8-10,13H,1-7H2,(H,12,14). The summed E-state index contributed by atoms with van der Waals surface area (Å²) in [5.74, 6) is 0.600. The summed E-state index contributed by atoms with van der Waals surface area (Å²) in [5.41, 5.74) is 0. The highest BCUT2D eigenvalue weighted by Gasteiger charge is 2.30. The summed E-state index contributed by atoms with van der Waals surface area (Å²) in [4.78, 5) is 11.7. The monoisotopic (exact) mass is 213 g/mol. The van der Waals surface area contributed by atoms with E-state index in [1.54, 1.807) is 0 Å². The Morgan fingerprint density at radius 2 is 2.00 bits per heavy atom. The summed E-state index contributed by atoms with van der Waals surface area (Å²) in [6, 6.07) is 0. The number of hydrogen-bond acceptors (Lipinski definition) is 3. The Hall–Kier alpha value is -0.610. The van der Waals surface area contributed by atoms with Crippen molar-refractivity contribution < 1.29 is 14.6 Å². The first-order valence-corrected chi connectivity index (χ1v) is 5.81. The van der Waals surface area contributed by atoms with Crippen molar-refractivity contribution in [3.05, 3.63) is 0 Å². The minimum Gasteiger partial charge on any atom is -0.391 e.